The molecule has 0 radical (unpaired) electrons. The van der Waals surface area contributed by atoms with Crippen LogP contribution in [0, 0.1) is 0 Å². The van der Waals surface area contributed by atoms with E-state index in [0.717, 1.165) is 5.56 Å². The molecule has 0 saturated heterocycles. The minimum Gasteiger partial charge on any atom is -0.492 e. The fourth-order valence-corrected chi connectivity index (χ4v) is 2.89. The first-order chi connectivity index (χ1) is 11.5. The van der Waals surface area contributed by atoms with Crippen molar-refractivity contribution in [1.29, 1.82) is 0 Å². The SMILES string of the molecule is O=C(CCCOc1ccc(Cl)cc1Cl)NCc1ccc(Cl)cc1Cl. The average Bonchev–Trinajstić information content (AvgIpc) is 2.52. The molecule has 0 saturated carbocycles. The number of amides is 1. The van der Waals surface area contributed by atoms with E-state index in [4.69, 9.17) is 51.1 Å². The summed E-state index contributed by atoms with van der Waals surface area (Å²) in [5.74, 6) is 0.473. The minimum absolute atomic E-state index is 0.0770. The molecule has 0 unspecified atom stereocenters. The van der Waals surface area contributed by atoms with Crippen molar-refractivity contribution in [3.05, 3.63) is 62.1 Å². The Morgan fingerprint density at radius 1 is 0.958 bits per heavy atom. The molecular weight excluding hydrogens is 392 g/mol. The Morgan fingerprint density at radius 3 is 2.29 bits per heavy atom. The highest BCUT2D eigenvalue weighted by molar-refractivity contribution is 6.35. The lowest BCUT2D eigenvalue weighted by Gasteiger charge is -2.09. The van der Waals surface area contributed by atoms with E-state index in [9.17, 15) is 4.79 Å². The zero-order chi connectivity index (χ0) is 17.5. The second-order valence-electron chi connectivity index (χ2n) is 5.04. The van der Waals surface area contributed by atoms with Crippen LogP contribution in [0.5, 0.6) is 5.75 Å². The van der Waals surface area contributed by atoms with Gasteiger partial charge in [-0.2, -0.15) is 0 Å². The number of rotatable bonds is 7. The molecule has 1 amide bonds. The van der Waals surface area contributed by atoms with E-state index in [1.807, 2.05) is 0 Å². The van der Waals surface area contributed by atoms with Crippen molar-refractivity contribution < 1.29 is 9.53 Å². The molecule has 0 aromatic heterocycles. The van der Waals surface area contributed by atoms with Crippen LogP contribution in [0.4, 0.5) is 0 Å². The van der Waals surface area contributed by atoms with Gasteiger partial charge in [0.15, 0.2) is 0 Å². The number of hydrogen-bond acceptors (Lipinski definition) is 2. The van der Waals surface area contributed by atoms with Gasteiger partial charge in [0.1, 0.15) is 5.75 Å². The maximum absolute atomic E-state index is 11.8. The molecule has 24 heavy (non-hydrogen) atoms. The van der Waals surface area contributed by atoms with Crippen LogP contribution in [-0.4, -0.2) is 12.5 Å². The van der Waals surface area contributed by atoms with E-state index in [0.29, 0.717) is 51.8 Å². The number of carbonyl (C=O) groups is 1. The Morgan fingerprint density at radius 2 is 1.62 bits per heavy atom. The number of hydrogen-bond donors (Lipinski definition) is 1. The molecule has 0 heterocycles. The van der Waals surface area contributed by atoms with Gasteiger partial charge in [-0.05, 0) is 42.3 Å². The molecule has 0 spiro atoms. The fourth-order valence-electron chi connectivity index (χ4n) is 1.95. The molecule has 3 nitrogen and oxygen atoms in total. The Kier molecular flexibility index (Phi) is 7.50. The summed E-state index contributed by atoms with van der Waals surface area (Å²) in [7, 11) is 0. The minimum atomic E-state index is -0.0770. The van der Waals surface area contributed by atoms with Crippen LogP contribution in [0.3, 0.4) is 0 Å². The van der Waals surface area contributed by atoms with E-state index in [2.05, 4.69) is 5.32 Å². The summed E-state index contributed by atoms with van der Waals surface area (Å²) in [6.07, 6.45) is 0.912. The maximum Gasteiger partial charge on any atom is 0.220 e. The van der Waals surface area contributed by atoms with Crippen LogP contribution in [0.1, 0.15) is 18.4 Å². The van der Waals surface area contributed by atoms with E-state index >= 15 is 0 Å². The normalized spacial score (nSPS) is 10.5. The molecule has 0 bridgehead atoms. The Hall–Kier alpha value is -1.13. The fraction of sp³-hybridized carbons (Fsp3) is 0.235. The Bertz CT molecular complexity index is 722. The van der Waals surface area contributed by atoms with Gasteiger partial charge in [-0.15, -0.1) is 0 Å². The van der Waals surface area contributed by atoms with E-state index < -0.39 is 0 Å². The van der Waals surface area contributed by atoms with Gasteiger partial charge in [-0.3, -0.25) is 4.79 Å². The van der Waals surface area contributed by atoms with Gasteiger partial charge in [0, 0.05) is 28.0 Å². The third kappa shape index (κ3) is 6.06. The number of carbonyl (C=O) groups excluding carboxylic acids is 1. The number of ether oxygens (including phenoxy) is 1. The zero-order valence-corrected chi connectivity index (χ0v) is 15.6. The van der Waals surface area contributed by atoms with E-state index in [1.54, 1.807) is 36.4 Å². The van der Waals surface area contributed by atoms with Crippen molar-refractivity contribution in [2.75, 3.05) is 6.61 Å². The molecule has 2 aromatic rings. The summed E-state index contributed by atoms with van der Waals surface area (Å²) >= 11 is 23.7. The van der Waals surface area contributed by atoms with Gasteiger partial charge in [-0.25, -0.2) is 0 Å². The highest BCUT2D eigenvalue weighted by atomic mass is 35.5. The smallest absolute Gasteiger partial charge is 0.220 e. The topological polar surface area (TPSA) is 38.3 Å². The molecule has 1 N–H and O–H groups in total. The lowest BCUT2D eigenvalue weighted by Crippen LogP contribution is -2.23. The van der Waals surface area contributed by atoms with Gasteiger partial charge in [0.2, 0.25) is 5.91 Å². The molecule has 7 heteroatoms. The van der Waals surface area contributed by atoms with Crippen molar-refractivity contribution >= 4 is 52.3 Å². The number of halogens is 4. The summed E-state index contributed by atoms with van der Waals surface area (Å²) in [5, 5.41) is 4.90. The summed E-state index contributed by atoms with van der Waals surface area (Å²) in [4.78, 5) is 11.8. The van der Waals surface area contributed by atoms with Crippen molar-refractivity contribution in [3.8, 4) is 5.75 Å². The van der Waals surface area contributed by atoms with Crippen LogP contribution in [0.15, 0.2) is 36.4 Å². The second-order valence-corrected chi connectivity index (χ2v) is 6.73. The van der Waals surface area contributed by atoms with Gasteiger partial charge >= 0.3 is 0 Å². The first kappa shape index (κ1) is 19.2. The lowest BCUT2D eigenvalue weighted by atomic mass is 10.2. The van der Waals surface area contributed by atoms with Crippen LogP contribution < -0.4 is 10.1 Å². The average molecular weight is 407 g/mol. The number of benzene rings is 2. The molecule has 2 rings (SSSR count). The first-order valence-corrected chi connectivity index (χ1v) is 8.75. The summed E-state index contributed by atoms with van der Waals surface area (Å²) in [6, 6.07) is 10.2. The van der Waals surface area contributed by atoms with E-state index in [-0.39, 0.29) is 5.91 Å². The van der Waals surface area contributed by atoms with Gasteiger partial charge in [-0.1, -0.05) is 52.5 Å². The molecule has 0 aliphatic carbocycles. The molecule has 0 aliphatic rings. The quantitative estimate of drug-likeness (QED) is 0.592. The Balaban J connectivity index is 1.69. The second kappa shape index (κ2) is 9.38. The van der Waals surface area contributed by atoms with Crippen molar-refractivity contribution in [3.63, 3.8) is 0 Å². The van der Waals surface area contributed by atoms with Gasteiger partial charge in [0.05, 0.1) is 11.6 Å². The van der Waals surface area contributed by atoms with Crippen molar-refractivity contribution in [1.82, 2.24) is 5.32 Å². The van der Waals surface area contributed by atoms with E-state index in [1.165, 1.54) is 0 Å². The predicted molar refractivity (Wildman–Crippen MR) is 99.5 cm³/mol. The summed E-state index contributed by atoms with van der Waals surface area (Å²) in [5.41, 5.74) is 0.818. The summed E-state index contributed by atoms with van der Waals surface area (Å²) in [6.45, 7) is 0.745. The monoisotopic (exact) mass is 405 g/mol. The summed E-state index contributed by atoms with van der Waals surface area (Å²) < 4.78 is 5.53. The zero-order valence-electron chi connectivity index (χ0n) is 12.6. The highest BCUT2D eigenvalue weighted by Gasteiger charge is 2.06. The molecule has 0 atom stereocenters. The van der Waals surface area contributed by atoms with Crippen molar-refractivity contribution in [2.24, 2.45) is 0 Å². The largest absolute Gasteiger partial charge is 0.492 e. The first-order valence-electron chi connectivity index (χ1n) is 7.24. The lowest BCUT2D eigenvalue weighted by molar-refractivity contribution is -0.121. The van der Waals surface area contributed by atoms with Gasteiger partial charge < -0.3 is 10.1 Å². The Labute approximate surface area is 160 Å². The van der Waals surface area contributed by atoms with Crippen LogP contribution >= 0.6 is 46.4 Å². The highest BCUT2D eigenvalue weighted by Crippen LogP contribution is 2.27. The van der Waals surface area contributed by atoms with Crippen molar-refractivity contribution in [2.45, 2.75) is 19.4 Å². The molecule has 0 aliphatic heterocycles. The predicted octanol–water partition coefficient (Wildman–Crippen LogP) is 5.78. The third-order valence-corrected chi connectivity index (χ3v) is 4.31. The number of nitrogens with one attached hydrogen (secondary N) is 1. The van der Waals surface area contributed by atoms with Crippen LogP contribution in [0.2, 0.25) is 20.1 Å². The maximum atomic E-state index is 11.8. The molecule has 0 fully saturated rings. The van der Waals surface area contributed by atoms with Gasteiger partial charge in [0.25, 0.3) is 0 Å². The third-order valence-electron chi connectivity index (χ3n) is 3.19. The molecule has 128 valence electrons. The van der Waals surface area contributed by atoms with Crippen LogP contribution in [0.25, 0.3) is 0 Å². The van der Waals surface area contributed by atoms with Crippen LogP contribution in [-0.2, 0) is 11.3 Å². The molecule has 2 aromatic carbocycles. The molecular formula is C17H15Cl4NO2. The standard InChI is InChI=1S/C17H15Cl4NO2/c18-12-4-3-11(14(20)8-12)10-22-17(23)2-1-7-24-16-6-5-13(19)9-15(16)21/h3-6,8-9H,1-2,7,10H2,(H,22,23).